The molecule has 0 aliphatic rings. The van der Waals surface area contributed by atoms with Crippen LogP contribution < -0.4 is 20.1 Å². The quantitative estimate of drug-likeness (QED) is 0.689. The van der Waals surface area contributed by atoms with Gasteiger partial charge in [-0.1, -0.05) is 23.5 Å². The molecule has 0 unspecified atom stereocenters. The first-order chi connectivity index (χ1) is 12.7. The minimum Gasteiger partial charge on any atom is -0.497 e. The Bertz CT molecular complexity index is 863. The van der Waals surface area contributed by atoms with E-state index in [0.29, 0.717) is 17.2 Å². The molecular weight excluding hydrogens is 352 g/mol. The van der Waals surface area contributed by atoms with Crippen LogP contribution in [0, 0.1) is 0 Å². The third-order valence-corrected chi connectivity index (χ3v) is 4.39. The summed E-state index contributed by atoms with van der Waals surface area (Å²) in [5.74, 6) is 1.53. The number of anilines is 2. The van der Waals surface area contributed by atoms with Gasteiger partial charge in [0.15, 0.2) is 0 Å². The first-order valence-corrected chi connectivity index (χ1v) is 8.65. The van der Waals surface area contributed by atoms with Gasteiger partial charge in [-0.25, -0.2) is 4.79 Å². The third-order valence-electron chi connectivity index (χ3n) is 3.55. The van der Waals surface area contributed by atoms with Gasteiger partial charge in [0.1, 0.15) is 16.5 Å². The van der Waals surface area contributed by atoms with Crippen molar-refractivity contribution in [1.29, 1.82) is 0 Å². The molecule has 2 N–H and O–H groups in total. The minimum atomic E-state index is -0.373. The van der Waals surface area contributed by atoms with E-state index in [2.05, 4.69) is 20.8 Å². The highest BCUT2D eigenvalue weighted by atomic mass is 32.1. The van der Waals surface area contributed by atoms with Crippen molar-refractivity contribution in [1.82, 2.24) is 10.2 Å². The number of aromatic nitrogens is 2. The molecule has 3 aromatic rings. The summed E-state index contributed by atoms with van der Waals surface area (Å²) in [5.41, 5.74) is 1.75. The van der Waals surface area contributed by atoms with Crippen LogP contribution in [0.3, 0.4) is 0 Å². The first kappa shape index (κ1) is 17.7. The predicted molar refractivity (Wildman–Crippen MR) is 101 cm³/mol. The molecule has 0 saturated heterocycles. The van der Waals surface area contributed by atoms with Crippen molar-refractivity contribution in [2.75, 3.05) is 24.9 Å². The molecule has 0 aliphatic heterocycles. The van der Waals surface area contributed by atoms with E-state index < -0.39 is 0 Å². The number of urea groups is 1. The molecule has 26 heavy (non-hydrogen) atoms. The number of methoxy groups -OCH3 is 2. The Morgan fingerprint density at radius 1 is 0.923 bits per heavy atom. The Labute approximate surface area is 155 Å². The van der Waals surface area contributed by atoms with Gasteiger partial charge >= 0.3 is 6.03 Å². The smallest absolute Gasteiger partial charge is 0.325 e. The molecule has 0 fully saturated rings. The van der Waals surface area contributed by atoms with E-state index in [4.69, 9.17) is 9.47 Å². The maximum absolute atomic E-state index is 12.0. The Balaban J connectivity index is 1.55. The van der Waals surface area contributed by atoms with Gasteiger partial charge in [-0.3, -0.25) is 5.32 Å². The summed E-state index contributed by atoms with van der Waals surface area (Å²) in [6, 6.07) is 14.4. The van der Waals surface area contributed by atoms with E-state index in [0.717, 1.165) is 22.1 Å². The summed E-state index contributed by atoms with van der Waals surface area (Å²) in [5, 5.41) is 14.8. The number of hydrogen-bond donors (Lipinski definition) is 2. The summed E-state index contributed by atoms with van der Waals surface area (Å²) in [7, 11) is 3.23. The van der Waals surface area contributed by atoms with Gasteiger partial charge in [0.2, 0.25) is 5.13 Å². The number of nitrogens with zero attached hydrogens (tertiary/aromatic N) is 2. The van der Waals surface area contributed by atoms with E-state index in [1.54, 1.807) is 38.5 Å². The first-order valence-electron chi connectivity index (χ1n) is 7.83. The van der Waals surface area contributed by atoms with Gasteiger partial charge in [0.25, 0.3) is 0 Å². The molecule has 7 nitrogen and oxygen atoms in total. The molecule has 3 rings (SSSR count). The van der Waals surface area contributed by atoms with E-state index in [-0.39, 0.29) is 6.03 Å². The fraction of sp³-hybridized carbons (Fsp3) is 0.167. The van der Waals surface area contributed by atoms with Crippen molar-refractivity contribution in [2.45, 2.75) is 6.42 Å². The Morgan fingerprint density at radius 3 is 2.15 bits per heavy atom. The van der Waals surface area contributed by atoms with Crippen molar-refractivity contribution in [2.24, 2.45) is 0 Å². The lowest BCUT2D eigenvalue weighted by atomic mass is 10.1. The molecule has 0 aliphatic carbocycles. The fourth-order valence-electron chi connectivity index (χ4n) is 2.23. The van der Waals surface area contributed by atoms with Crippen molar-refractivity contribution < 1.29 is 14.3 Å². The number of carbonyl (C=O) groups excluding carboxylic acids is 1. The highest BCUT2D eigenvalue weighted by molar-refractivity contribution is 7.15. The van der Waals surface area contributed by atoms with Gasteiger partial charge in [-0.05, 0) is 42.0 Å². The lowest BCUT2D eigenvalue weighted by Gasteiger charge is -2.05. The number of amides is 2. The summed E-state index contributed by atoms with van der Waals surface area (Å²) in [6.45, 7) is 0. The molecule has 1 aromatic heterocycles. The Hall–Kier alpha value is -3.13. The van der Waals surface area contributed by atoms with Crippen LogP contribution in [-0.4, -0.2) is 30.4 Å². The van der Waals surface area contributed by atoms with Crippen LogP contribution in [0.15, 0.2) is 48.5 Å². The maximum atomic E-state index is 12.0. The lowest BCUT2D eigenvalue weighted by molar-refractivity contribution is 0.262. The van der Waals surface area contributed by atoms with Crippen molar-refractivity contribution in [3.05, 3.63) is 59.1 Å². The van der Waals surface area contributed by atoms with Crippen LogP contribution in [-0.2, 0) is 6.42 Å². The number of benzene rings is 2. The van der Waals surface area contributed by atoms with Crippen molar-refractivity contribution in [3.8, 4) is 11.5 Å². The van der Waals surface area contributed by atoms with Crippen LogP contribution in [0.1, 0.15) is 10.6 Å². The third kappa shape index (κ3) is 4.70. The number of rotatable bonds is 6. The van der Waals surface area contributed by atoms with E-state index >= 15 is 0 Å². The molecule has 134 valence electrons. The summed E-state index contributed by atoms with van der Waals surface area (Å²) in [4.78, 5) is 12.0. The van der Waals surface area contributed by atoms with Gasteiger partial charge in [-0.2, -0.15) is 0 Å². The molecule has 2 aromatic carbocycles. The molecule has 2 amide bonds. The second-order valence-electron chi connectivity index (χ2n) is 5.33. The van der Waals surface area contributed by atoms with Gasteiger partial charge in [0, 0.05) is 12.1 Å². The highest BCUT2D eigenvalue weighted by Gasteiger charge is 2.09. The molecule has 0 radical (unpaired) electrons. The zero-order valence-electron chi connectivity index (χ0n) is 14.4. The monoisotopic (exact) mass is 370 g/mol. The van der Waals surface area contributed by atoms with Crippen molar-refractivity contribution >= 4 is 28.2 Å². The van der Waals surface area contributed by atoms with E-state index in [9.17, 15) is 4.79 Å². The molecule has 8 heteroatoms. The zero-order chi connectivity index (χ0) is 18.4. The molecule has 1 heterocycles. The minimum absolute atomic E-state index is 0.373. The normalized spacial score (nSPS) is 10.2. The second-order valence-corrected chi connectivity index (χ2v) is 6.40. The number of hydrogen-bond acceptors (Lipinski definition) is 6. The van der Waals surface area contributed by atoms with Gasteiger partial charge in [-0.15, -0.1) is 10.2 Å². The molecule has 0 spiro atoms. The highest BCUT2D eigenvalue weighted by Crippen LogP contribution is 2.21. The van der Waals surface area contributed by atoms with Gasteiger partial charge < -0.3 is 14.8 Å². The number of nitrogens with one attached hydrogen (secondary N) is 2. The van der Waals surface area contributed by atoms with Gasteiger partial charge in [0.05, 0.1) is 14.2 Å². The predicted octanol–water partition coefficient (Wildman–Crippen LogP) is 3.79. The average molecular weight is 370 g/mol. The Kier molecular flexibility index (Phi) is 5.65. The van der Waals surface area contributed by atoms with Crippen molar-refractivity contribution in [3.63, 3.8) is 0 Å². The lowest BCUT2D eigenvalue weighted by Crippen LogP contribution is -2.19. The van der Waals surface area contributed by atoms with E-state index in [1.165, 1.54) is 11.3 Å². The summed E-state index contributed by atoms with van der Waals surface area (Å²) in [6.07, 6.45) is 0.642. The molecule has 0 bridgehead atoms. The summed E-state index contributed by atoms with van der Waals surface area (Å²) < 4.78 is 10.2. The number of ether oxygens (including phenoxy) is 2. The molecule has 0 atom stereocenters. The Morgan fingerprint density at radius 2 is 1.54 bits per heavy atom. The van der Waals surface area contributed by atoms with E-state index in [1.807, 2.05) is 24.3 Å². The topological polar surface area (TPSA) is 85.4 Å². The molecular formula is C18H18N4O3S. The SMILES string of the molecule is COc1ccc(Cc2nnc(NC(=O)Nc3ccc(OC)cc3)s2)cc1. The standard InChI is InChI=1S/C18H18N4O3S/c1-24-14-7-3-12(4-8-14)11-16-21-22-18(26-16)20-17(23)19-13-5-9-15(25-2)10-6-13/h3-10H,11H2,1-2H3,(H2,19,20,22,23). The van der Waals surface area contributed by atoms with Crippen LogP contribution >= 0.6 is 11.3 Å². The largest absolute Gasteiger partial charge is 0.497 e. The number of carbonyl (C=O) groups is 1. The van der Waals surface area contributed by atoms with Crippen LogP contribution in [0.4, 0.5) is 15.6 Å². The fourth-order valence-corrected chi connectivity index (χ4v) is 3.00. The summed E-state index contributed by atoms with van der Waals surface area (Å²) >= 11 is 1.34. The van der Waals surface area contributed by atoms with Crippen LogP contribution in [0.2, 0.25) is 0 Å². The second kappa shape index (κ2) is 8.30. The molecule has 0 saturated carbocycles. The average Bonchev–Trinajstić information content (AvgIpc) is 3.09. The van der Waals surface area contributed by atoms with Crippen LogP contribution in [0.25, 0.3) is 0 Å². The zero-order valence-corrected chi connectivity index (χ0v) is 15.2. The maximum Gasteiger partial charge on any atom is 0.325 e. The van der Waals surface area contributed by atoms with Crippen LogP contribution in [0.5, 0.6) is 11.5 Å².